The molecular formula is C20H16F5N5O4. The Balaban J connectivity index is 1.49. The first-order chi connectivity index (χ1) is 15.9. The van der Waals surface area contributed by atoms with Gasteiger partial charge in [0.05, 0.1) is 24.0 Å². The predicted molar refractivity (Wildman–Crippen MR) is 107 cm³/mol. The van der Waals surface area contributed by atoms with Crippen LogP contribution in [0.15, 0.2) is 28.9 Å². The molecule has 4 rings (SSSR count). The van der Waals surface area contributed by atoms with Gasteiger partial charge in [-0.25, -0.2) is 23.5 Å². The van der Waals surface area contributed by atoms with E-state index in [1.807, 2.05) is 0 Å². The van der Waals surface area contributed by atoms with Crippen molar-refractivity contribution in [1.29, 1.82) is 0 Å². The lowest BCUT2D eigenvalue weighted by atomic mass is 10.0. The van der Waals surface area contributed by atoms with E-state index in [0.29, 0.717) is 6.07 Å². The summed E-state index contributed by atoms with van der Waals surface area (Å²) < 4.78 is 73.7. The Kier molecular flexibility index (Phi) is 5.75. The van der Waals surface area contributed by atoms with Crippen LogP contribution in [-0.4, -0.2) is 46.3 Å². The second kappa shape index (κ2) is 8.43. The standard InChI is InChI=1S/C20H16F5N5O4/c1-8-12-2-10(21)3-13(22)15(12)34-14(8)16(20(23,24)25)29-19(33)28-11-4-26-18(27-5-11)30-6-9(7-30)17(31)32/h2-5,9,16H,6-7H2,1H3,(H,31,32)(H2,28,29,33). The van der Waals surface area contributed by atoms with E-state index in [1.165, 1.54) is 6.92 Å². The number of aryl methyl sites for hydroxylation is 1. The van der Waals surface area contributed by atoms with Gasteiger partial charge in [0.1, 0.15) is 11.6 Å². The van der Waals surface area contributed by atoms with E-state index in [2.05, 4.69) is 15.3 Å². The number of anilines is 2. The van der Waals surface area contributed by atoms with Gasteiger partial charge in [0, 0.05) is 30.1 Å². The molecule has 0 radical (unpaired) electrons. The minimum absolute atomic E-state index is 0.0353. The minimum Gasteiger partial charge on any atom is -0.481 e. The summed E-state index contributed by atoms with van der Waals surface area (Å²) >= 11 is 0. The maximum atomic E-state index is 14.0. The average molecular weight is 485 g/mol. The Morgan fingerprint density at radius 3 is 2.44 bits per heavy atom. The number of carboxylic acids is 1. The van der Waals surface area contributed by atoms with Crippen LogP contribution < -0.4 is 15.5 Å². The van der Waals surface area contributed by atoms with Crippen LogP contribution in [0.4, 0.5) is 38.4 Å². The number of aromatic nitrogens is 2. The lowest BCUT2D eigenvalue weighted by molar-refractivity contribution is -0.158. The summed E-state index contributed by atoms with van der Waals surface area (Å²) in [6.07, 6.45) is -2.74. The second-order valence-corrected chi connectivity index (χ2v) is 7.64. The molecule has 0 spiro atoms. The average Bonchev–Trinajstić information content (AvgIpc) is 3.02. The Morgan fingerprint density at radius 2 is 1.85 bits per heavy atom. The summed E-state index contributed by atoms with van der Waals surface area (Å²) in [5, 5.41) is 12.6. The molecule has 34 heavy (non-hydrogen) atoms. The molecule has 0 saturated carbocycles. The van der Waals surface area contributed by atoms with Gasteiger partial charge in [-0.15, -0.1) is 0 Å². The molecule has 14 heteroatoms. The Bertz CT molecular complexity index is 1250. The Hall–Kier alpha value is -3.97. The predicted octanol–water partition coefficient (Wildman–Crippen LogP) is 3.76. The topological polar surface area (TPSA) is 121 Å². The first-order valence-electron chi connectivity index (χ1n) is 9.76. The molecule has 3 N–H and O–H groups in total. The van der Waals surface area contributed by atoms with E-state index in [1.54, 1.807) is 10.2 Å². The molecule has 1 aromatic carbocycles. The number of benzene rings is 1. The van der Waals surface area contributed by atoms with E-state index < -0.39 is 53.1 Å². The van der Waals surface area contributed by atoms with Gasteiger partial charge in [0.2, 0.25) is 5.95 Å². The highest BCUT2D eigenvalue weighted by Crippen LogP contribution is 2.39. The number of rotatable bonds is 5. The van der Waals surface area contributed by atoms with Gasteiger partial charge in [-0.3, -0.25) is 4.79 Å². The van der Waals surface area contributed by atoms with Crippen LogP contribution in [0.3, 0.4) is 0 Å². The van der Waals surface area contributed by atoms with Gasteiger partial charge >= 0.3 is 18.2 Å². The van der Waals surface area contributed by atoms with E-state index in [9.17, 15) is 31.5 Å². The molecule has 2 amide bonds. The van der Waals surface area contributed by atoms with Gasteiger partial charge in [0.25, 0.3) is 0 Å². The largest absolute Gasteiger partial charge is 0.481 e. The molecule has 1 unspecified atom stereocenters. The van der Waals surface area contributed by atoms with Crippen LogP contribution in [0.2, 0.25) is 0 Å². The van der Waals surface area contributed by atoms with Crippen molar-refractivity contribution in [3.63, 3.8) is 0 Å². The van der Waals surface area contributed by atoms with Crippen molar-refractivity contribution in [3.8, 4) is 0 Å². The number of halogens is 5. The number of fused-ring (bicyclic) bond motifs is 1. The van der Waals surface area contributed by atoms with Crippen LogP contribution in [0.5, 0.6) is 0 Å². The smallest absolute Gasteiger partial charge is 0.416 e. The number of aliphatic carboxylic acids is 1. The zero-order chi connectivity index (χ0) is 24.8. The SMILES string of the molecule is Cc1c(C(NC(=O)Nc2cnc(N3CC(C(=O)O)C3)nc2)C(F)(F)F)oc2c(F)cc(F)cc12. The monoisotopic (exact) mass is 485 g/mol. The second-order valence-electron chi connectivity index (χ2n) is 7.64. The molecule has 180 valence electrons. The summed E-state index contributed by atoms with van der Waals surface area (Å²) in [6, 6.07) is -2.62. The van der Waals surface area contributed by atoms with Crippen molar-refractivity contribution < 1.29 is 41.1 Å². The minimum atomic E-state index is -5.02. The number of nitrogens with zero attached hydrogens (tertiary/aromatic N) is 3. The lowest BCUT2D eigenvalue weighted by Crippen LogP contribution is -2.51. The normalized spacial score (nSPS) is 15.2. The Labute approximate surface area is 187 Å². The van der Waals surface area contributed by atoms with E-state index in [4.69, 9.17) is 9.52 Å². The third-order valence-corrected chi connectivity index (χ3v) is 5.27. The van der Waals surface area contributed by atoms with Gasteiger partial charge in [0.15, 0.2) is 17.4 Å². The summed E-state index contributed by atoms with van der Waals surface area (Å²) in [5.41, 5.74) is -0.782. The van der Waals surface area contributed by atoms with Crippen molar-refractivity contribution in [3.05, 3.63) is 47.5 Å². The van der Waals surface area contributed by atoms with Crippen LogP contribution in [0.25, 0.3) is 11.0 Å². The molecule has 2 aromatic heterocycles. The first kappa shape index (κ1) is 23.2. The third-order valence-electron chi connectivity index (χ3n) is 5.27. The number of furan rings is 1. The highest BCUT2D eigenvalue weighted by Gasteiger charge is 2.45. The van der Waals surface area contributed by atoms with Crippen LogP contribution in [-0.2, 0) is 4.79 Å². The van der Waals surface area contributed by atoms with E-state index in [0.717, 1.165) is 18.5 Å². The number of carbonyl (C=O) groups is 2. The number of carbonyl (C=O) groups excluding carboxylic acids is 1. The summed E-state index contributed by atoms with van der Waals surface area (Å²) in [6.45, 7) is 1.60. The number of nitrogens with one attached hydrogen (secondary N) is 2. The van der Waals surface area contributed by atoms with Crippen LogP contribution >= 0.6 is 0 Å². The van der Waals surface area contributed by atoms with Gasteiger partial charge in [-0.05, 0) is 13.0 Å². The summed E-state index contributed by atoms with van der Waals surface area (Å²) in [4.78, 5) is 32.6. The number of carboxylic acid groups (broad SMARTS) is 1. The maximum absolute atomic E-state index is 14.0. The first-order valence-corrected chi connectivity index (χ1v) is 9.76. The molecule has 9 nitrogen and oxygen atoms in total. The fourth-order valence-electron chi connectivity index (χ4n) is 3.48. The zero-order valence-corrected chi connectivity index (χ0v) is 17.3. The fraction of sp³-hybridized carbons (Fsp3) is 0.300. The van der Waals surface area contributed by atoms with Gasteiger partial charge in [-0.1, -0.05) is 0 Å². The maximum Gasteiger partial charge on any atom is 0.416 e. The molecule has 1 aliphatic rings. The van der Waals surface area contributed by atoms with Crippen molar-refractivity contribution in [2.24, 2.45) is 5.92 Å². The van der Waals surface area contributed by atoms with Crippen molar-refractivity contribution in [2.75, 3.05) is 23.3 Å². The van der Waals surface area contributed by atoms with E-state index >= 15 is 0 Å². The zero-order valence-electron chi connectivity index (χ0n) is 17.3. The Morgan fingerprint density at radius 1 is 1.21 bits per heavy atom. The third kappa shape index (κ3) is 4.43. The molecule has 1 aliphatic heterocycles. The lowest BCUT2D eigenvalue weighted by Gasteiger charge is -2.36. The summed E-state index contributed by atoms with van der Waals surface area (Å²) in [5.74, 6) is -4.25. The molecule has 3 heterocycles. The summed E-state index contributed by atoms with van der Waals surface area (Å²) in [7, 11) is 0. The molecule has 0 aliphatic carbocycles. The highest BCUT2D eigenvalue weighted by molar-refractivity contribution is 5.89. The molecular weight excluding hydrogens is 469 g/mol. The highest BCUT2D eigenvalue weighted by atomic mass is 19.4. The molecule has 1 fully saturated rings. The number of urea groups is 1. The van der Waals surface area contributed by atoms with Gasteiger partial charge in [-0.2, -0.15) is 13.2 Å². The number of hydrogen-bond acceptors (Lipinski definition) is 6. The van der Waals surface area contributed by atoms with Crippen LogP contribution in [0.1, 0.15) is 17.4 Å². The molecule has 1 saturated heterocycles. The number of hydrogen-bond donors (Lipinski definition) is 3. The fourth-order valence-corrected chi connectivity index (χ4v) is 3.48. The van der Waals surface area contributed by atoms with Gasteiger partial charge < -0.3 is 25.1 Å². The van der Waals surface area contributed by atoms with Crippen molar-refractivity contribution >= 4 is 34.6 Å². The number of alkyl halides is 3. The quantitative estimate of drug-likeness (QED) is 0.471. The van der Waals surface area contributed by atoms with Crippen LogP contribution in [0, 0.1) is 24.5 Å². The van der Waals surface area contributed by atoms with Crippen molar-refractivity contribution in [1.82, 2.24) is 15.3 Å². The molecule has 0 bridgehead atoms. The van der Waals surface area contributed by atoms with Crippen molar-refractivity contribution in [2.45, 2.75) is 19.1 Å². The molecule has 3 aromatic rings. The molecule has 1 atom stereocenters. The van der Waals surface area contributed by atoms with E-state index in [-0.39, 0.29) is 35.7 Å². The number of amides is 2.